The van der Waals surface area contributed by atoms with Crippen LogP contribution in [-0.2, 0) is 28.8 Å². The molecule has 3 heterocycles. The molecule has 1 amide bonds. The molecule has 6 rings (SSSR count). The number of hydrogen-bond donors (Lipinski definition) is 2. The number of nitrogens with one attached hydrogen (secondary N) is 2. The molecule has 13 heteroatoms. The van der Waals surface area contributed by atoms with Crippen LogP contribution >= 0.6 is 0 Å². The molecule has 2 aliphatic rings. The summed E-state index contributed by atoms with van der Waals surface area (Å²) in [5.74, 6) is -3.86. The Hall–Kier alpha value is -4.62. The minimum atomic E-state index is -4.76. The van der Waals surface area contributed by atoms with Gasteiger partial charge < -0.3 is 24.5 Å². The summed E-state index contributed by atoms with van der Waals surface area (Å²) in [5, 5.41) is 5.77. The molecule has 0 radical (unpaired) electrons. The molecule has 1 fully saturated rings. The second-order valence-electron chi connectivity index (χ2n) is 12.0. The van der Waals surface area contributed by atoms with Gasteiger partial charge in [0.05, 0.1) is 22.9 Å². The van der Waals surface area contributed by atoms with Gasteiger partial charge in [0.15, 0.2) is 5.78 Å². The van der Waals surface area contributed by atoms with Gasteiger partial charge in [-0.2, -0.15) is 13.2 Å². The number of methoxy groups -OCH3 is 1. The van der Waals surface area contributed by atoms with Gasteiger partial charge in [0.1, 0.15) is 17.3 Å². The number of hydrogen-bond acceptors (Lipinski definition) is 5. The monoisotopic (exact) mass is 668 g/mol. The number of ether oxygens (including phenoxy) is 1. The van der Waals surface area contributed by atoms with Gasteiger partial charge in [-0.1, -0.05) is 24.3 Å². The Morgan fingerprint density at radius 2 is 1.75 bits per heavy atom. The maximum atomic E-state index is 15.2. The summed E-state index contributed by atoms with van der Waals surface area (Å²) in [7, 11) is 1.69. The number of nitrogens with zero attached hydrogens (tertiary/aromatic N) is 2. The molecule has 1 aliphatic heterocycles. The molecule has 1 saturated carbocycles. The number of benzene rings is 2. The van der Waals surface area contributed by atoms with Crippen molar-refractivity contribution in [1.82, 2.24) is 14.5 Å². The SMILES string of the molecule is COC1CCC(NC/C=C/C(=O)Nc2c(F)cc(C(=O)c3cn4c5c(cccc35)-c3c(C(F)(F)F)ccc(=O)n3CCC4)cc2F)CC1. The molecule has 4 aromatic rings. The summed E-state index contributed by atoms with van der Waals surface area (Å²) in [6.45, 7) is 0.679. The van der Waals surface area contributed by atoms with Crippen molar-refractivity contribution < 1.29 is 36.3 Å². The van der Waals surface area contributed by atoms with Crippen LogP contribution in [0, 0.1) is 11.6 Å². The van der Waals surface area contributed by atoms with Gasteiger partial charge in [0.25, 0.3) is 5.56 Å². The van der Waals surface area contributed by atoms with Gasteiger partial charge in [-0.05, 0) is 50.3 Å². The fraction of sp³-hybridized carbons (Fsp3) is 0.343. The van der Waals surface area contributed by atoms with Crippen molar-refractivity contribution in [2.24, 2.45) is 0 Å². The third-order valence-corrected chi connectivity index (χ3v) is 9.02. The van der Waals surface area contributed by atoms with Gasteiger partial charge in [0.2, 0.25) is 5.91 Å². The average Bonchev–Trinajstić information content (AvgIpc) is 3.42. The van der Waals surface area contributed by atoms with E-state index < -0.39 is 46.3 Å². The van der Waals surface area contributed by atoms with Crippen LogP contribution < -0.4 is 16.2 Å². The highest BCUT2D eigenvalue weighted by Crippen LogP contribution is 2.41. The lowest BCUT2D eigenvalue weighted by Gasteiger charge is -2.27. The number of rotatable bonds is 8. The standard InChI is InChI=1S/C35H33F5N4O4/c1-48-22-10-8-21(9-11-22)41-14-3-7-29(45)42-31-27(36)17-20(18-28(31)37)34(47)25-19-43-15-4-16-44-30(46)13-12-26(35(38,39)40)33(44)24-6-2-5-23(25)32(24)43/h2-3,5-7,12-13,17-19,21-22,41H,4,8-11,14-16H2,1H3,(H,42,45)/b7-3+. The smallest absolute Gasteiger partial charge is 0.381 e. The number of carbonyl (C=O) groups is 2. The van der Waals surface area contributed by atoms with Gasteiger partial charge >= 0.3 is 6.18 Å². The molecule has 48 heavy (non-hydrogen) atoms. The molecule has 0 atom stereocenters. The number of amides is 1. The summed E-state index contributed by atoms with van der Waals surface area (Å²) in [6, 6.07) is 8.01. The number of para-hydroxylation sites is 1. The zero-order chi connectivity index (χ0) is 34.2. The van der Waals surface area contributed by atoms with E-state index in [-0.39, 0.29) is 59.4 Å². The number of aromatic nitrogens is 2. The second kappa shape index (κ2) is 13.5. The van der Waals surface area contributed by atoms with Crippen molar-refractivity contribution in [3.8, 4) is 11.3 Å². The highest BCUT2D eigenvalue weighted by atomic mass is 19.4. The topological polar surface area (TPSA) is 94.4 Å². The first-order valence-electron chi connectivity index (χ1n) is 15.7. The Kier molecular flexibility index (Phi) is 9.35. The zero-order valence-corrected chi connectivity index (χ0v) is 26.0. The van der Waals surface area contributed by atoms with Crippen molar-refractivity contribution in [3.05, 3.63) is 99.5 Å². The van der Waals surface area contributed by atoms with Crippen LogP contribution in [-0.4, -0.2) is 46.6 Å². The van der Waals surface area contributed by atoms with Crippen molar-refractivity contribution in [2.75, 3.05) is 19.0 Å². The Balaban J connectivity index is 1.24. The Morgan fingerprint density at radius 1 is 1.02 bits per heavy atom. The van der Waals surface area contributed by atoms with Crippen molar-refractivity contribution in [2.45, 2.75) is 63.5 Å². The Bertz CT molecular complexity index is 1950. The number of fused-ring (bicyclic) bond motifs is 2. The quantitative estimate of drug-likeness (QED) is 0.128. The van der Waals surface area contributed by atoms with E-state index >= 15 is 8.78 Å². The Labute approximate surface area is 272 Å². The fourth-order valence-electron chi connectivity index (χ4n) is 6.68. The predicted molar refractivity (Wildman–Crippen MR) is 170 cm³/mol. The van der Waals surface area contributed by atoms with Crippen LogP contribution in [0.4, 0.5) is 27.6 Å². The van der Waals surface area contributed by atoms with E-state index in [1.807, 2.05) is 0 Å². The molecule has 2 aromatic carbocycles. The van der Waals surface area contributed by atoms with Crippen LogP contribution in [0.5, 0.6) is 0 Å². The summed E-state index contributed by atoms with van der Waals surface area (Å²) < 4.78 is 80.8. The number of pyridine rings is 1. The molecular formula is C35H33F5N4O4. The lowest BCUT2D eigenvalue weighted by Crippen LogP contribution is -2.35. The van der Waals surface area contributed by atoms with Crippen molar-refractivity contribution >= 4 is 28.3 Å². The minimum absolute atomic E-state index is 0.0143. The summed E-state index contributed by atoms with van der Waals surface area (Å²) in [5.41, 5.74) is -2.54. The molecule has 8 nitrogen and oxygen atoms in total. The molecular weight excluding hydrogens is 635 g/mol. The van der Waals surface area contributed by atoms with Gasteiger partial charge in [-0.3, -0.25) is 14.4 Å². The second-order valence-corrected chi connectivity index (χ2v) is 12.0. The number of alkyl halides is 3. The van der Waals surface area contributed by atoms with Crippen LogP contribution in [0.2, 0.25) is 0 Å². The molecule has 1 aliphatic carbocycles. The average molecular weight is 669 g/mol. The van der Waals surface area contributed by atoms with Gasteiger partial charge in [-0.25, -0.2) is 8.78 Å². The summed E-state index contributed by atoms with van der Waals surface area (Å²) in [4.78, 5) is 38.8. The van der Waals surface area contributed by atoms with Crippen LogP contribution in [0.3, 0.4) is 0 Å². The van der Waals surface area contributed by atoms with E-state index in [1.165, 1.54) is 30.5 Å². The van der Waals surface area contributed by atoms with E-state index in [0.717, 1.165) is 54.5 Å². The normalized spacial score (nSPS) is 18.0. The first-order valence-corrected chi connectivity index (χ1v) is 15.7. The van der Waals surface area contributed by atoms with E-state index in [4.69, 9.17) is 4.74 Å². The molecule has 0 bridgehead atoms. The number of aryl methyl sites for hydroxylation is 1. The third-order valence-electron chi connectivity index (χ3n) is 9.02. The Morgan fingerprint density at radius 3 is 2.44 bits per heavy atom. The van der Waals surface area contributed by atoms with Gasteiger partial charge in [-0.15, -0.1) is 0 Å². The number of halogens is 5. The maximum Gasteiger partial charge on any atom is 0.418 e. The van der Waals surface area contributed by atoms with Crippen LogP contribution in [0.25, 0.3) is 22.2 Å². The fourth-order valence-corrected chi connectivity index (χ4v) is 6.68. The molecule has 2 aromatic heterocycles. The van der Waals surface area contributed by atoms with Gasteiger partial charge in [0, 0.05) is 73.2 Å². The largest absolute Gasteiger partial charge is 0.418 e. The first-order chi connectivity index (χ1) is 23.0. The summed E-state index contributed by atoms with van der Waals surface area (Å²) >= 11 is 0. The molecule has 252 valence electrons. The summed E-state index contributed by atoms with van der Waals surface area (Å²) in [6.07, 6.45) is 3.73. The molecule has 0 unspecified atom stereocenters. The third kappa shape index (κ3) is 6.56. The van der Waals surface area contributed by atoms with Crippen LogP contribution in [0.15, 0.2) is 65.6 Å². The predicted octanol–water partition coefficient (Wildman–Crippen LogP) is 6.44. The number of anilines is 1. The van der Waals surface area contributed by atoms with E-state index in [1.54, 1.807) is 17.8 Å². The van der Waals surface area contributed by atoms with E-state index in [9.17, 15) is 27.6 Å². The van der Waals surface area contributed by atoms with Crippen LogP contribution in [0.1, 0.15) is 53.6 Å². The number of ketones is 1. The number of carbonyl (C=O) groups excluding carboxylic acids is 2. The molecule has 2 N–H and O–H groups in total. The lowest BCUT2D eigenvalue weighted by molar-refractivity contribution is -0.137. The van der Waals surface area contributed by atoms with E-state index in [2.05, 4.69) is 10.6 Å². The molecule has 0 spiro atoms. The first kappa shape index (κ1) is 33.3. The maximum absolute atomic E-state index is 15.2. The highest BCUT2D eigenvalue weighted by molar-refractivity contribution is 6.18. The lowest BCUT2D eigenvalue weighted by atomic mass is 9.93. The molecule has 0 saturated heterocycles. The van der Waals surface area contributed by atoms with Crippen molar-refractivity contribution in [3.63, 3.8) is 0 Å². The minimum Gasteiger partial charge on any atom is -0.381 e. The zero-order valence-electron chi connectivity index (χ0n) is 26.0. The van der Waals surface area contributed by atoms with Crippen molar-refractivity contribution in [1.29, 1.82) is 0 Å². The highest BCUT2D eigenvalue weighted by Gasteiger charge is 2.37. The van der Waals surface area contributed by atoms with E-state index in [0.29, 0.717) is 12.1 Å².